The SMILES string of the molecule is c1ccc(-c2nc(-c3ccccc3)nc(-c3ccc(-c4ccc5c(c4)sc4c(-c6nc(-c7ccccc7)c7oc8ccccc8c7n6)cccc45)cc3)n2)cc1. The summed E-state index contributed by atoms with van der Waals surface area (Å²) in [5.41, 5.74) is 10.2. The third kappa shape index (κ3) is 5.52. The molecule has 0 spiro atoms. The molecule has 0 N–H and O–H groups in total. The molecule has 0 radical (unpaired) electrons. The van der Waals surface area contributed by atoms with Crippen LogP contribution in [0.2, 0.25) is 0 Å². The minimum atomic E-state index is 0.635. The third-order valence-corrected chi connectivity index (χ3v) is 11.4. The van der Waals surface area contributed by atoms with Gasteiger partial charge in [-0.1, -0.05) is 152 Å². The van der Waals surface area contributed by atoms with Crippen molar-refractivity contribution in [3.63, 3.8) is 0 Å². The van der Waals surface area contributed by atoms with Gasteiger partial charge in [-0.15, -0.1) is 11.3 Å². The molecule has 0 unspecified atom stereocenters. The maximum Gasteiger partial charge on any atom is 0.180 e. The van der Waals surface area contributed by atoms with Crippen molar-refractivity contribution in [3.8, 4) is 67.9 Å². The van der Waals surface area contributed by atoms with E-state index in [4.69, 9.17) is 29.3 Å². The average molecular weight is 736 g/mol. The highest BCUT2D eigenvalue weighted by Crippen LogP contribution is 2.42. The summed E-state index contributed by atoms with van der Waals surface area (Å²) in [6, 6.07) is 60.0. The summed E-state index contributed by atoms with van der Waals surface area (Å²) in [5.74, 6) is 2.61. The van der Waals surface area contributed by atoms with Crippen LogP contribution in [0, 0.1) is 0 Å². The van der Waals surface area contributed by atoms with Gasteiger partial charge >= 0.3 is 0 Å². The number of benzene rings is 7. The van der Waals surface area contributed by atoms with E-state index in [2.05, 4.69) is 78.9 Å². The average Bonchev–Trinajstić information content (AvgIpc) is 3.85. The molecule has 4 heterocycles. The summed E-state index contributed by atoms with van der Waals surface area (Å²) in [5, 5.41) is 3.37. The molecule has 0 saturated carbocycles. The summed E-state index contributed by atoms with van der Waals surface area (Å²) in [6.45, 7) is 0. The molecule has 4 aromatic heterocycles. The van der Waals surface area contributed by atoms with Crippen LogP contribution in [0.3, 0.4) is 0 Å². The minimum Gasteiger partial charge on any atom is -0.452 e. The number of thiophene rings is 1. The van der Waals surface area contributed by atoms with E-state index in [1.165, 1.54) is 15.5 Å². The predicted octanol–water partition coefficient (Wildman–Crippen LogP) is 12.9. The van der Waals surface area contributed by atoms with Gasteiger partial charge in [-0.2, -0.15) is 0 Å². The lowest BCUT2D eigenvalue weighted by atomic mass is 10.0. The second-order valence-corrected chi connectivity index (χ2v) is 14.7. The van der Waals surface area contributed by atoms with Crippen LogP contribution >= 0.6 is 11.3 Å². The Hall–Kier alpha value is -7.35. The van der Waals surface area contributed by atoms with Gasteiger partial charge in [0.2, 0.25) is 0 Å². The Morgan fingerprint density at radius 3 is 1.61 bits per heavy atom. The number of furan rings is 1. The fourth-order valence-electron chi connectivity index (χ4n) is 7.41. The van der Waals surface area contributed by atoms with Crippen LogP contribution in [0.25, 0.3) is 110 Å². The molecule has 11 aromatic rings. The van der Waals surface area contributed by atoms with Gasteiger partial charge in [0.15, 0.2) is 28.9 Å². The largest absolute Gasteiger partial charge is 0.452 e. The number of hydrogen-bond donors (Lipinski definition) is 0. The molecule has 11 rings (SSSR count). The second kappa shape index (κ2) is 13.2. The van der Waals surface area contributed by atoms with E-state index in [1.807, 2.05) is 97.1 Å². The quantitative estimate of drug-likeness (QED) is 0.169. The first kappa shape index (κ1) is 32.1. The van der Waals surface area contributed by atoms with Crippen molar-refractivity contribution in [2.75, 3.05) is 0 Å². The molecule has 6 nitrogen and oxygen atoms in total. The van der Waals surface area contributed by atoms with Crippen LogP contribution in [0.4, 0.5) is 0 Å². The van der Waals surface area contributed by atoms with Crippen molar-refractivity contribution >= 4 is 53.6 Å². The van der Waals surface area contributed by atoms with Crippen LogP contribution < -0.4 is 0 Å². The van der Waals surface area contributed by atoms with Crippen molar-refractivity contribution < 1.29 is 4.42 Å². The number of aromatic nitrogens is 5. The summed E-state index contributed by atoms with van der Waals surface area (Å²) in [6.07, 6.45) is 0. The van der Waals surface area contributed by atoms with Gasteiger partial charge in [-0.3, -0.25) is 0 Å². The molecule has 0 aliphatic heterocycles. The van der Waals surface area contributed by atoms with Crippen LogP contribution in [0.1, 0.15) is 0 Å². The highest BCUT2D eigenvalue weighted by Gasteiger charge is 2.20. The first-order valence-electron chi connectivity index (χ1n) is 18.4. The number of para-hydroxylation sites is 1. The molecule has 0 amide bonds. The Labute approximate surface area is 325 Å². The topological polar surface area (TPSA) is 77.6 Å². The first-order chi connectivity index (χ1) is 27.7. The number of fused-ring (bicyclic) bond motifs is 6. The molecule has 0 fully saturated rings. The highest BCUT2D eigenvalue weighted by molar-refractivity contribution is 7.26. The summed E-state index contributed by atoms with van der Waals surface area (Å²) in [4.78, 5) is 25.0. The number of nitrogens with zero attached hydrogens (tertiary/aromatic N) is 5. The maximum atomic E-state index is 6.37. The Kier molecular flexibility index (Phi) is 7.57. The Balaban J connectivity index is 0.989. The van der Waals surface area contributed by atoms with Gasteiger partial charge in [0.1, 0.15) is 16.8 Å². The van der Waals surface area contributed by atoms with Gasteiger partial charge in [-0.25, -0.2) is 24.9 Å². The Morgan fingerprint density at radius 2 is 0.929 bits per heavy atom. The molecule has 56 heavy (non-hydrogen) atoms. The van der Waals surface area contributed by atoms with Crippen LogP contribution in [0.5, 0.6) is 0 Å². The second-order valence-electron chi connectivity index (χ2n) is 13.6. The lowest BCUT2D eigenvalue weighted by Crippen LogP contribution is -2.00. The smallest absolute Gasteiger partial charge is 0.180 e. The number of rotatable bonds is 6. The van der Waals surface area contributed by atoms with Crippen molar-refractivity contribution in [3.05, 3.63) is 176 Å². The lowest BCUT2D eigenvalue weighted by Gasteiger charge is -2.09. The van der Waals surface area contributed by atoms with Gasteiger partial charge < -0.3 is 4.42 Å². The predicted molar refractivity (Wildman–Crippen MR) is 228 cm³/mol. The lowest BCUT2D eigenvalue weighted by molar-refractivity contribution is 0.667. The third-order valence-electron chi connectivity index (χ3n) is 10.2. The van der Waals surface area contributed by atoms with Crippen LogP contribution in [-0.4, -0.2) is 24.9 Å². The molecule has 7 heteroatoms. The van der Waals surface area contributed by atoms with E-state index in [0.29, 0.717) is 28.9 Å². The van der Waals surface area contributed by atoms with E-state index < -0.39 is 0 Å². The fourth-order valence-corrected chi connectivity index (χ4v) is 8.66. The number of hydrogen-bond acceptors (Lipinski definition) is 7. The molecule has 262 valence electrons. The molecule has 0 bridgehead atoms. The van der Waals surface area contributed by atoms with Gasteiger partial charge in [0, 0.05) is 53.4 Å². The van der Waals surface area contributed by atoms with Gasteiger partial charge in [-0.05, 0) is 35.4 Å². The normalized spacial score (nSPS) is 11.6. The monoisotopic (exact) mass is 735 g/mol. The van der Waals surface area contributed by atoms with Gasteiger partial charge in [0.25, 0.3) is 0 Å². The zero-order valence-corrected chi connectivity index (χ0v) is 30.6. The summed E-state index contributed by atoms with van der Waals surface area (Å²) >= 11 is 1.77. The fraction of sp³-hybridized carbons (Fsp3) is 0. The molecule has 0 aliphatic carbocycles. The van der Waals surface area contributed by atoms with Gasteiger partial charge in [0.05, 0.1) is 0 Å². The van der Waals surface area contributed by atoms with E-state index in [0.717, 1.165) is 65.8 Å². The zero-order chi connectivity index (χ0) is 37.0. The van der Waals surface area contributed by atoms with E-state index in [9.17, 15) is 0 Å². The van der Waals surface area contributed by atoms with E-state index >= 15 is 0 Å². The standard InChI is InChI=1S/C49H29N5OS/c1-4-13-31(14-5-1)42-44-43(38-19-10-11-22-40(38)55-44)51-49(50-42)39-21-12-20-37-36-28-27-35(29-41(36)56-45(37)39)30-23-25-34(26-24-30)48-53-46(32-15-6-2-7-16-32)52-47(54-48)33-17-8-3-9-18-33/h1-29H. The molecule has 0 aliphatic rings. The maximum absolute atomic E-state index is 6.37. The molecule has 7 aromatic carbocycles. The summed E-state index contributed by atoms with van der Waals surface area (Å²) in [7, 11) is 0. The molecule has 0 saturated heterocycles. The van der Waals surface area contributed by atoms with Crippen molar-refractivity contribution in [1.29, 1.82) is 0 Å². The molecular formula is C49H29N5OS. The molecular weight excluding hydrogens is 707 g/mol. The van der Waals surface area contributed by atoms with E-state index in [-0.39, 0.29) is 0 Å². The van der Waals surface area contributed by atoms with Crippen LogP contribution in [-0.2, 0) is 0 Å². The van der Waals surface area contributed by atoms with Crippen LogP contribution in [0.15, 0.2) is 180 Å². The first-order valence-corrected chi connectivity index (χ1v) is 19.2. The Bertz CT molecular complexity index is 3180. The van der Waals surface area contributed by atoms with Crippen molar-refractivity contribution in [1.82, 2.24) is 24.9 Å². The minimum absolute atomic E-state index is 0.635. The van der Waals surface area contributed by atoms with Crippen molar-refractivity contribution in [2.24, 2.45) is 0 Å². The summed E-state index contributed by atoms with van der Waals surface area (Å²) < 4.78 is 8.72. The van der Waals surface area contributed by atoms with Crippen molar-refractivity contribution in [2.45, 2.75) is 0 Å². The molecule has 0 atom stereocenters. The zero-order valence-electron chi connectivity index (χ0n) is 29.8. The Morgan fingerprint density at radius 1 is 0.375 bits per heavy atom. The van der Waals surface area contributed by atoms with E-state index in [1.54, 1.807) is 11.3 Å². The highest BCUT2D eigenvalue weighted by atomic mass is 32.1.